The quantitative estimate of drug-likeness (QED) is 0.368. The lowest BCUT2D eigenvalue weighted by Crippen LogP contribution is -2.43. The minimum atomic E-state index is 0. The first kappa shape index (κ1) is 21.4. The van der Waals surface area contributed by atoms with E-state index < -0.39 is 0 Å². The third-order valence-electron chi connectivity index (χ3n) is 6.65. The molecule has 0 aromatic carbocycles. The first-order chi connectivity index (χ1) is 12.8. The monoisotopic (exact) mass is 502 g/mol. The molecule has 1 aromatic rings. The lowest BCUT2D eigenvalue weighted by molar-refractivity contribution is 0.151. The molecule has 6 heteroatoms. The highest BCUT2D eigenvalue weighted by Gasteiger charge is 2.43. The normalized spacial score (nSPS) is 23.3. The molecule has 4 nitrogen and oxygen atoms in total. The van der Waals surface area contributed by atoms with Crippen LogP contribution >= 0.6 is 35.3 Å². The molecule has 2 aliphatic heterocycles. The van der Waals surface area contributed by atoms with Gasteiger partial charge < -0.3 is 10.2 Å². The topological polar surface area (TPSA) is 30.9 Å². The van der Waals surface area contributed by atoms with Crippen LogP contribution in [0.4, 0.5) is 0 Å². The van der Waals surface area contributed by atoms with Crippen LogP contribution in [0.2, 0.25) is 0 Å². The van der Waals surface area contributed by atoms with E-state index in [0.29, 0.717) is 5.41 Å². The van der Waals surface area contributed by atoms with Crippen molar-refractivity contribution in [2.24, 2.45) is 16.3 Å². The van der Waals surface area contributed by atoms with Crippen LogP contribution in [0, 0.1) is 11.3 Å². The molecule has 1 N–H and O–H groups in total. The van der Waals surface area contributed by atoms with Gasteiger partial charge in [-0.1, -0.05) is 12.5 Å². The number of hydrogen-bond donors (Lipinski definition) is 1. The number of nitrogens with one attached hydrogen (secondary N) is 1. The lowest BCUT2D eigenvalue weighted by atomic mass is 9.68. The molecule has 0 atom stereocenters. The van der Waals surface area contributed by atoms with Gasteiger partial charge in [-0.2, -0.15) is 0 Å². The molecule has 4 rings (SSSR count). The maximum absolute atomic E-state index is 5.06. The Hall–Kier alpha value is -0.340. The van der Waals surface area contributed by atoms with Crippen molar-refractivity contribution < 1.29 is 0 Å². The van der Waals surface area contributed by atoms with Crippen LogP contribution < -0.4 is 5.32 Å². The minimum Gasteiger partial charge on any atom is -0.357 e. The molecule has 2 saturated heterocycles. The van der Waals surface area contributed by atoms with Crippen molar-refractivity contribution in [3.8, 4) is 0 Å². The number of hydrogen-bond acceptors (Lipinski definition) is 3. The van der Waals surface area contributed by atoms with E-state index in [4.69, 9.17) is 4.99 Å². The van der Waals surface area contributed by atoms with Gasteiger partial charge in [0.2, 0.25) is 0 Å². The van der Waals surface area contributed by atoms with Gasteiger partial charge in [-0.3, -0.25) is 9.89 Å². The third-order valence-corrected chi connectivity index (χ3v) is 7.51. The van der Waals surface area contributed by atoms with Crippen molar-refractivity contribution in [3.63, 3.8) is 0 Å². The fourth-order valence-electron chi connectivity index (χ4n) is 4.79. The van der Waals surface area contributed by atoms with Crippen molar-refractivity contribution in [1.29, 1.82) is 0 Å². The molecule has 0 radical (unpaired) electrons. The summed E-state index contributed by atoms with van der Waals surface area (Å²) in [5, 5.41) is 5.74. The summed E-state index contributed by atoms with van der Waals surface area (Å²) in [4.78, 5) is 11.7. The molecule has 1 aliphatic carbocycles. The van der Waals surface area contributed by atoms with Crippen LogP contribution in [-0.2, 0) is 6.54 Å². The van der Waals surface area contributed by atoms with Gasteiger partial charge in [0.25, 0.3) is 0 Å². The number of likely N-dealkylation sites (tertiary alicyclic amines) is 2. The van der Waals surface area contributed by atoms with E-state index in [2.05, 4.69) is 39.6 Å². The fraction of sp³-hybridized carbons (Fsp3) is 0.762. The van der Waals surface area contributed by atoms with E-state index in [1.807, 2.05) is 11.3 Å². The second kappa shape index (κ2) is 9.92. The summed E-state index contributed by atoms with van der Waals surface area (Å²) >= 11 is 1.88. The zero-order valence-electron chi connectivity index (χ0n) is 16.7. The molecule has 1 aromatic heterocycles. The molecule has 0 bridgehead atoms. The van der Waals surface area contributed by atoms with E-state index in [1.54, 1.807) is 0 Å². The van der Waals surface area contributed by atoms with Crippen LogP contribution in [0.5, 0.6) is 0 Å². The van der Waals surface area contributed by atoms with E-state index in [-0.39, 0.29) is 24.0 Å². The Balaban J connectivity index is 0.00000210. The largest absolute Gasteiger partial charge is 0.357 e. The van der Waals surface area contributed by atoms with Gasteiger partial charge >= 0.3 is 0 Å². The molecule has 1 spiro atoms. The van der Waals surface area contributed by atoms with E-state index in [9.17, 15) is 0 Å². The van der Waals surface area contributed by atoms with Gasteiger partial charge in [-0.05, 0) is 74.9 Å². The van der Waals surface area contributed by atoms with E-state index in [1.165, 1.54) is 75.5 Å². The Kier molecular flexibility index (Phi) is 7.85. The first-order valence-corrected chi connectivity index (χ1v) is 11.4. The summed E-state index contributed by atoms with van der Waals surface area (Å²) in [5.74, 6) is 1.93. The maximum atomic E-state index is 5.06. The standard InChI is InChI=1S/C21H34N4S.HI/c1-2-22-20(25-13-10-21(17-25)8-4-9-21)23-15-18-6-11-24(12-7-18)16-19-5-3-14-26-19;/h3,5,14,18H,2,4,6-13,15-17H2,1H3,(H,22,23);1H. The molecule has 1 saturated carbocycles. The predicted octanol–water partition coefficient (Wildman–Crippen LogP) is 4.42. The molecular formula is C21H35IN4S. The second-order valence-corrected chi connectivity index (χ2v) is 9.55. The van der Waals surface area contributed by atoms with Gasteiger partial charge in [0.05, 0.1) is 0 Å². The van der Waals surface area contributed by atoms with Crippen LogP contribution in [0.3, 0.4) is 0 Å². The summed E-state index contributed by atoms with van der Waals surface area (Å²) in [6.07, 6.45) is 8.26. The summed E-state index contributed by atoms with van der Waals surface area (Å²) in [5.41, 5.74) is 0.642. The Morgan fingerprint density at radius 1 is 1.26 bits per heavy atom. The van der Waals surface area contributed by atoms with Crippen molar-refractivity contribution in [1.82, 2.24) is 15.1 Å². The van der Waals surface area contributed by atoms with Crippen molar-refractivity contribution in [2.45, 2.75) is 52.0 Å². The number of halogens is 1. The van der Waals surface area contributed by atoms with Gasteiger partial charge in [0, 0.05) is 37.6 Å². The number of rotatable bonds is 5. The SMILES string of the molecule is CCNC(=NCC1CCN(Cc2cccs2)CC1)N1CCC2(CCC2)C1.I. The third kappa shape index (κ3) is 5.38. The maximum Gasteiger partial charge on any atom is 0.193 e. The van der Waals surface area contributed by atoms with Gasteiger partial charge in [0.1, 0.15) is 0 Å². The van der Waals surface area contributed by atoms with Crippen molar-refractivity contribution in [3.05, 3.63) is 22.4 Å². The molecule has 3 fully saturated rings. The Labute approximate surface area is 185 Å². The number of piperidine rings is 1. The van der Waals surface area contributed by atoms with Gasteiger partial charge in [0.15, 0.2) is 5.96 Å². The molecular weight excluding hydrogens is 467 g/mol. The molecule has 27 heavy (non-hydrogen) atoms. The Morgan fingerprint density at radius 3 is 2.67 bits per heavy atom. The van der Waals surface area contributed by atoms with Crippen molar-refractivity contribution in [2.75, 3.05) is 39.3 Å². The van der Waals surface area contributed by atoms with E-state index in [0.717, 1.165) is 25.6 Å². The number of thiophene rings is 1. The highest BCUT2D eigenvalue weighted by molar-refractivity contribution is 14.0. The minimum absolute atomic E-state index is 0. The first-order valence-electron chi connectivity index (χ1n) is 10.5. The Morgan fingerprint density at radius 2 is 2.07 bits per heavy atom. The number of aliphatic imine (C=N–C) groups is 1. The van der Waals surface area contributed by atoms with Crippen LogP contribution in [0.25, 0.3) is 0 Å². The van der Waals surface area contributed by atoms with Crippen LogP contribution in [-0.4, -0.2) is 55.0 Å². The van der Waals surface area contributed by atoms with Gasteiger partial charge in [-0.25, -0.2) is 0 Å². The average molecular weight is 503 g/mol. The number of guanidine groups is 1. The molecule has 0 amide bonds. The van der Waals surface area contributed by atoms with E-state index >= 15 is 0 Å². The smallest absolute Gasteiger partial charge is 0.193 e. The zero-order valence-corrected chi connectivity index (χ0v) is 19.8. The second-order valence-electron chi connectivity index (χ2n) is 8.52. The van der Waals surface area contributed by atoms with Gasteiger partial charge in [-0.15, -0.1) is 35.3 Å². The summed E-state index contributed by atoms with van der Waals surface area (Å²) < 4.78 is 0. The predicted molar refractivity (Wildman–Crippen MR) is 126 cm³/mol. The highest BCUT2D eigenvalue weighted by atomic mass is 127. The van der Waals surface area contributed by atoms with Crippen molar-refractivity contribution >= 4 is 41.3 Å². The Bertz CT molecular complexity index is 591. The molecule has 3 aliphatic rings. The summed E-state index contributed by atoms with van der Waals surface area (Å²) in [6.45, 7) is 10.2. The van der Waals surface area contributed by atoms with Crippen LogP contribution in [0.15, 0.2) is 22.5 Å². The fourth-order valence-corrected chi connectivity index (χ4v) is 5.54. The molecule has 152 valence electrons. The average Bonchev–Trinajstić information content (AvgIpc) is 3.29. The molecule has 3 heterocycles. The summed E-state index contributed by atoms with van der Waals surface area (Å²) in [7, 11) is 0. The van der Waals surface area contributed by atoms with Crippen LogP contribution in [0.1, 0.15) is 50.3 Å². The highest BCUT2D eigenvalue weighted by Crippen LogP contribution is 2.47. The zero-order chi connectivity index (χ0) is 17.8. The summed E-state index contributed by atoms with van der Waals surface area (Å²) in [6, 6.07) is 4.42. The molecule has 0 unspecified atom stereocenters. The lowest BCUT2D eigenvalue weighted by Gasteiger charge is -2.38. The number of nitrogens with zero attached hydrogens (tertiary/aromatic N) is 3.